The fraction of sp³-hybridized carbons (Fsp3) is 0.321. The highest BCUT2D eigenvalue weighted by molar-refractivity contribution is 5.96. The molecule has 1 saturated heterocycles. The van der Waals surface area contributed by atoms with Crippen LogP contribution in [-0.2, 0) is 24.3 Å². The van der Waals surface area contributed by atoms with Gasteiger partial charge in [0.25, 0.3) is 0 Å². The Balaban J connectivity index is 1.25. The molecule has 3 aromatic carbocycles. The highest BCUT2D eigenvalue weighted by Crippen LogP contribution is 2.33. The molecule has 0 radical (unpaired) electrons. The molecule has 0 N–H and O–H groups in total. The first-order valence-electron chi connectivity index (χ1n) is 11.7. The van der Waals surface area contributed by atoms with Crippen molar-refractivity contribution >= 4 is 17.3 Å². The normalized spacial score (nSPS) is 16.8. The Morgan fingerprint density at radius 1 is 0.750 bits per heavy atom. The molecule has 2 aliphatic rings. The number of benzene rings is 3. The van der Waals surface area contributed by atoms with E-state index < -0.39 is 0 Å². The van der Waals surface area contributed by atoms with Crippen molar-refractivity contribution in [1.29, 1.82) is 0 Å². The number of aryl methyl sites for hydroxylation is 2. The van der Waals surface area contributed by atoms with E-state index >= 15 is 0 Å². The summed E-state index contributed by atoms with van der Waals surface area (Å²) in [5.74, 6) is 0.221. The maximum Gasteiger partial charge on any atom is 0.227 e. The molecule has 164 valence electrons. The lowest BCUT2D eigenvalue weighted by Crippen LogP contribution is -2.46. The number of rotatable bonds is 5. The molecule has 1 fully saturated rings. The molecule has 4 nitrogen and oxygen atoms in total. The fourth-order valence-electron chi connectivity index (χ4n) is 4.80. The molecule has 32 heavy (non-hydrogen) atoms. The molecule has 4 heteroatoms. The van der Waals surface area contributed by atoms with Gasteiger partial charge in [0.1, 0.15) is 0 Å². The van der Waals surface area contributed by atoms with Crippen LogP contribution in [-0.4, -0.2) is 37.0 Å². The topological polar surface area (TPSA) is 26.8 Å². The summed E-state index contributed by atoms with van der Waals surface area (Å²) in [6.07, 6.45) is 1.42. The third-order valence-corrected chi connectivity index (χ3v) is 6.71. The number of fused-ring (bicyclic) bond motifs is 1. The SMILES string of the molecule is Cc1ccc(CN2CCN(c3ccc4c(c3)CCC(=O)N4Cc3ccccc3)CC2)cc1. The number of anilines is 2. The average Bonchev–Trinajstić information content (AvgIpc) is 2.83. The van der Waals surface area contributed by atoms with Crippen LogP contribution in [0.2, 0.25) is 0 Å². The number of carbonyl (C=O) groups excluding carboxylic acids is 1. The standard InChI is InChI=1S/C28H31N3O/c1-22-7-9-24(10-8-22)20-29-15-17-30(18-16-29)26-12-13-27-25(19-26)11-14-28(32)31(27)21-23-5-3-2-4-6-23/h2-10,12-13,19H,11,14-18,20-21H2,1H3. The van der Waals surface area contributed by atoms with Crippen molar-refractivity contribution in [1.82, 2.24) is 4.90 Å². The summed E-state index contributed by atoms with van der Waals surface area (Å²) in [4.78, 5) is 19.6. The Bertz CT molecular complexity index is 1070. The smallest absolute Gasteiger partial charge is 0.227 e. The van der Waals surface area contributed by atoms with Crippen LogP contribution in [0.1, 0.15) is 28.7 Å². The largest absolute Gasteiger partial charge is 0.369 e. The zero-order valence-electron chi connectivity index (χ0n) is 18.8. The number of hydrogen-bond acceptors (Lipinski definition) is 3. The van der Waals surface area contributed by atoms with E-state index in [4.69, 9.17) is 0 Å². The highest BCUT2D eigenvalue weighted by atomic mass is 16.2. The third-order valence-electron chi connectivity index (χ3n) is 6.71. The van der Waals surface area contributed by atoms with Gasteiger partial charge < -0.3 is 9.80 Å². The van der Waals surface area contributed by atoms with E-state index in [-0.39, 0.29) is 5.91 Å². The van der Waals surface area contributed by atoms with Crippen molar-refractivity contribution in [3.05, 3.63) is 95.1 Å². The molecule has 3 aromatic rings. The van der Waals surface area contributed by atoms with Gasteiger partial charge in [-0.25, -0.2) is 0 Å². The van der Waals surface area contributed by atoms with Crippen molar-refractivity contribution in [2.45, 2.75) is 32.9 Å². The number of amides is 1. The Morgan fingerprint density at radius 2 is 1.47 bits per heavy atom. The van der Waals surface area contributed by atoms with Gasteiger partial charge >= 0.3 is 0 Å². The Labute approximate surface area is 191 Å². The van der Waals surface area contributed by atoms with Gasteiger partial charge in [0.15, 0.2) is 0 Å². The quantitative estimate of drug-likeness (QED) is 0.588. The lowest BCUT2D eigenvalue weighted by Gasteiger charge is -2.37. The first-order valence-corrected chi connectivity index (χ1v) is 11.7. The molecule has 2 heterocycles. The Hall–Kier alpha value is -3.11. The summed E-state index contributed by atoms with van der Waals surface area (Å²) in [5, 5.41) is 0. The molecule has 0 aliphatic carbocycles. The summed E-state index contributed by atoms with van der Waals surface area (Å²) >= 11 is 0. The van der Waals surface area contributed by atoms with E-state index in [0.717, 1.165) is 44.8 Å². The van der Waals surface area contributed by atoms with Crippen molar-refractivity contribution in [2.75, 3.05) is 36.0 Å². The van der Waals surface area contributed by atoms with Crippen LogP contribution < -0.4 is 9.80 Å². The molecule has 2 aliphatic heterocycles. The van der Waals surface area contributed by atoms with Gasteiger partial charge in [-0.2, -0.15) is 0 Å². The summed E-state index contributed by atoms with van der Waals surface area (Å²) in [6, 6.07) is 25.8. The average molecular weight is 426 g/mol. The predicted molar refractivity (Wildman–Crippen MR) is 131 cm³/mol. The van der Waals surface area contributed by atoms with Gasteiger partial charge in [-0.1, -0.05) is 60.2 Å². The maximum absolute atomic E-state index is 12.7. The second kappa shape index (κ2) is 9.17. The van der Waals surface area contributed by atoms with Crippen LogP contribution in [0.3, 0.4) is 0 Å². The fourth-order valence-corrected chi connectivity index (χ4v) is 4.80. The van der Waals surface area contributed by atoms with Crippen LogP contribution in [0.4, 0.5) is 11.4 Å². The van der Waals surface area contributed by atoms with E-state index in [0.29, 0.717) is 13.0 Å². The third kappa shape index (κ3) is 4.56. The molecule has 0 saturated carbocycles. The highest BCUT2D eigenvalue weighted by Gasteiger charge is 2.26. The molecule has 0 bridgehead atoms. The van der Waals surface area contributed by atoms with E-state index in [2.05, 4.69) is 71.3 Å². The Kier molecular flexibility index (Phi) is 5.95. The Morgan fingerprint density at radius 3 is 2.22 bits per heavy atom. The molecule has 0 unspecified atom stereocenters. The zero-order valence-corrected chi connectivity index (χ0v) is 18.8. The molecule has 0 aromatic heterocycles. The van der Waals surface area contributed by atoms with Gasteiger partial charge in [-0.3, -0.25) is 9.69 Å². The molecule has 5 rings (SSSR count). The molecular formula is C28H31N3O. The van der Waals surface area contributed by atoms with E-state index in [9.17, 15) is 4.79 Å². The van der Waals surface area contributed by atoms with Crippen LogP contribution in [0, 0.1) is 6.92 Å². The summed E-state index contributed by atoms with van der Waals surface area (Å²) in [5.41, 5.74) is 7.53. The number of piperazine rings is 1. The molecular weight excluding hydrogens is 394 g/mol. The van der Waals surface area contributed by atoms with Crippen molar-refractivity contribution in [3.63, 3.8) is 0 Å². The monoisotopic (exact) mass is 425 g/mol. The van der Waals surface area contributed by atoms with E-state index in [1.165, 1.54) is 27.9 Å². The minimum Gasteiger partial charge on any atom is -0.369 e. The molecule has 0 atom stereocenters. The lowest BCUT2D eigenvalue weighted by molar-refractivity contribution is -0.119. The van der Waals surface area contributed by atoms with Crippen molar-refractivity contribution in [3.8, 4) is 0 Å². The minimum atomic E-state index is 0.221. The number of carbonyl (C=O) groups is 1. The summed E-state index contributed by atoms with van der Waals surface area (Å²) in [7, 11) is 0. The van der Waals surface area contributed by atoms with Crippen molar-refractivity contribution < 1.29 is 4.79 Å². The van der Waals surface area contributed by atoms with Gasteiger partial charge in [0, 0.05) is 50.5 Å². The van der Waals surface area contributed by atoms with E-state index in [1.54, 1.807) is 0 Å². The van der Waals surface area contributed by atoms with Gasteiger partial charge in [-0.05, 0) is 48.2 Å². The molecule has 0 spiro atoms. The van der Waals surface area contributed by atoms with Gasteiger partial charge in [0.05, 0.1) is 6.54 Å². The zero-order chi connectivity index (χ0) is 21.9. The molecule has 1 amide bonds. The van der Waals surface area contributed by atoms with Crippen molar-refractivity contribution in [2.24, 2.45) is 0 Å². The van der Waals surface area contributed by atoms with Crippen LogP contribution >= 0.6 is 0 Å². The number of nitrogens with zero attached hydrogens (tertiary/aromatic N) is 3. The van der Waals surface area contributed by atoms with Crippen LogP contribution in [0.25, 0.3) is 0 Å². The lowest BCUT2D eigenvalue weighted by atomic mass is 9.99. The van der Waals surface area contributed by atoms with Crippen LogP contribution in [0.15, 0.2) is 72.8 Å². The van der Waals surface area contributed by atoms with Crippen LogP contribution in [0.5, 0.6) is 0 Å². The predicted octanol–water partition coefficient (Wildman–Crippen LogP) is 4.80. The second-order valence-electron chi connectivity index (χ2n) is 9.03. The first kappa shape index (κ1) is 20.8. The minimum absolute atomic E-state index is 0.221. The van der Waals surface area contributed by atoms with E-state index in [1.807, 2.05) is 23.1 Å². The van der Waals surface area contributed by atoms with Gasteiger partial charge in [-0.15, -0.1) is 0 Å². The second-order valence-corrected chi connectivity index (χ2v) is 9.03. The number of hydrogen-bond donors (Lipinski definition) is 0. The maximum atomic E-state index is 12.7. The first-order chi connectivity index (χ1) is 15.7. The summed E-state index contributed by atoms with van der Waals surface area (Å²) < 4.78 is 0. The van der Waals surface area contributed by atoms with Gasteiger partial charge in [0.2, 0.25) is 5.91 Å². The summed E-state index contributed by atoms with van der Waals surface area (Å²) in [6.45, 7) is 8.03.